The van der Waals surface area contributed by atoms with Crippen molar-refractivity contribution in [2.24, 2.45) is 0 Å². The molecule has 0 unspecified atom stereocenters. The Kier molecular flexibility index (Phi) is 5.61. The molecule has 4 aromatic rings. The Morgan fingerprint density at radius 1 is 1.10 bits per heavy atom. The van der Waals surface area contributed by atoms with E-state index in [9.17, 15) is 9.18 Å². The van der Waals surface area contributed by atoms with Gasteiger partial charge in [-0.3, -0.25) is 9.78 Å². The van der Waals surface area contributed by atoms with Crippen molar-refractivity contribution in [3.63, 3.8) is 0 Å². The molecule has 4 rings (SSSR count). The fourth-order valence-electron chi connectivity index (χ4n) is 3.73. The van der Waals surface area contributed by atoms with E-state index in [1.807, 2.05) is 50.2 Å². The second-order valence-corrected chi connectivity index (χ2v) is 7.53. The molecule has 1 amide bonds. The van der Waals surface area contributed by atoms with Gasteiger partial charge in [0.25, 0.3) is 0 Å². The van der Waals surface area contributed by atoms with Gasteiger partial charge >= 0.3 is 0 Å². The number of aryl methyl sites for hydroxylation is 2. The van der Waals surface area contributed by atoms with Gasteiger partial charge in [0.1, 0.15) is 5.82 Å². The number of hydrogen-bond acceptors (Lipinski definition) is 2. The van der Waals surface area contributed by atoms with Crippen LogP contribution >= 0.6 is 0 Å². The number of aromatic amines is 1. The Balaban J connectivity index is 1.53. The summed E-state index contributed by atoms with van der Waals surface area (Å²) in [5.74, 6) is -0.294. The van der Waals surface area contributed by atoms with Crippen LogP contribution < -0.4 is 5.32 Å². The average Bonchev–Trinajstić information content (AvgIpc) is 3.10. The van der Waals surface area contributed by atoms with Crippen molar-refractivity contribution in [1.29, 1.82) is 0 Å². The molecule has 2 N–H and O–H groups in total. The number of benzene rings is 2. The quantitative estimate of drug-likeness (QED) is 0.420. The maximum absolute atomic E-state index is 13.9. The summed E-state index contributed by atoms with van der Waals surface area (Å²) in [4.78, 5) is 20.3. The molecule has 0 saturated heterocycles. The Morgan fingerprint density at radius 2 is 1.97 bits per heavy atom. The molecule has 2 heterocycles. The number of hydrogen-bond donors (Lipinski definition) is 2. The van der Waals surface area contributed by atoms with Crippen molar-refractivity contribution in [2.75, 3.05) is 5.32 Å². The van der Waals surface area contributed by atoms with Crippen molar-refractivity contribution in [3.8, 4) is 11.4 Å². The molecule has 0 aliphatic rings. The van der Waals surface area contributed by atoms with Gasteiger partial charge in [-0.1, -0.05) is 18.2 Å². The lowest BCUT2D eigenvalue weighted by Crippen LogP contribution is -2.12. The smallest absolute Gasteiger partial charge is 0.224 e. The number of aromatic nitrogens is 2. The molecule has 0 bridgehead atoms. The maximum Gasteiger partial charge on any atom is 0.224 e. The molecule has 2 aromatic carbocycles. The molecule has 0 aliphatic heterocycles. The zero-order chi connectivity index (χ0) is 21.1. The highest BCUT2D eigenvalue weighted by atomic mass is 19.1. The lowest BCUT2D eigenvalue weighted by molar-refractivity contribution is -0.116. The van der Waals surface area contributed by atoms with Crippen LogP contribution in [0.25, 0.3) is 22.3 Å². The zero-order valence-electron chi connectivity index (χ0n) is 17.1. The zero-order valence-corrected chi connectivity index (χ0v) is 17.1. The topological polar surface area (TPSA) is 57.8 Å². The van der Waals surface area contributed by atoms with Crippen molar-refractivity contribution in [1.82, 2.24) is 9.97 Å². The van der Waals surface area contributed by atoms with E-state index in [4.69, 9.17) is 0 Å². The molecule has 0 spiro atoms. The fraction of sp³-hybridized carbons (Fsp3) is 0.200. The fourth-order valence-corrected chi connectivity index (χ4v) is 3.73. The van der Waals surface area contributed by atoms with Gasteiger partial charge in [0.2, 0.25) is 5.91 Å². The lowest BCUT2D eigenvalue weighted by atomic mass is 10.0. The van der Waals surface area contributed by atoms with Gasteiger partial charge in [-0.2, -0.15) is 0 Å². The predicted octanol–water partition coefficient (Wildman–Crippen LogP) is 5.95. The van der Waals surface area contributed by atoms with Crippen molar-refractivity contribution in [3.05, 3.63) is 83.3 Å². The van der Waals surface area contributed by atoms with Gasteiger partial charge in [-0.15, -0.1) is 0 Å². The number of H-pyrrole nitrogens is 1. The third kappa shape index (κ3) is 4.10. The number of anilines is 1. The predicted molar refractivity (Wildman–Crippen MR) is 119 cm³/mol. The average molecular weight is 401 g/mol. The summed E-state index contributed by atoms with van der Waals surface area (Å²) < 4.78 is 13.9. The minimum absolute atomic E-state index is 0.0193. The first-order valence-electron chi connectivity index (χ1n) is 10.1. The number of fused-ring (bicyclic) bond motifs is 1. The van der Waals surface area contributed by atoms with Gasteiger partial charge < -0.3 is 10.3 Å². The monoisotopic (exact) mass is 401 g/mol. The second-order valence-electron chi connectivity index (χ2n) is 7.53. The minimum Gasteiger partial charge on any atom is -0.353 e. The van der Waals surface area contributed by atoms with E-state index in [0.717, 1.165) is 44.7 Å². The molecule has 152 valence electrons. The Morgan fingerprint density at radius 3 is 2.77 bits per heavy atom. The molecule has 0 aliphatic carbocycles. The molecule has 0 atom stereocenters. The molecule has 2 aromatic heterocycles. The van der Waals surface area contributed by atoms with Gasteiger partial charge in [0, 0.05) is 29.2 Å². The number of nitrogens with zero attached hydrogens (tertiary/aromatic N) is 1. The second kappa shape index (κ2) is 8.49. The number of carbonyl (C=O) groups is 1. The summed E-state index contributed by atoms with van der Waals surface area (Å²) >= 11 is 0. The van der Waals surface area contributed by atoms with E-state index in [1.165, 1.54) is 6.07 Å². The van der Waals surface area contributed by atoms with Gasteiger partial charge in [0.15, 0.2) is 0 Å². The van der Waals surface area contributed by atoms with Crippen LogP contribution in [0.3, 0.4) is 0 Å². The molecule has 0 fully saturated rings. The highest BCUT2D eigenvalue weighted by Gasteiger charge is 2.15. The first-order valence-corrected chi connectivity index (χ1v) is 10.1. The summed E-state index contributed by atoms with van der Waals surface area (Å²) in [6, 6.07) is 16.3. The van der Waals surface area contributed by atoms with E-state index in [1.54, 1.807) is 18.3 Å². The van der Waals surface area contributed by atoms with Crippen LogP contribution in [0, 0.1) is 19.7 Å². The first-order chi connectivity index (χ1) is 14.5. The van der Waals surface area contributed by atoms with E-state index in [2.05, 4.69) is 15.3 Å². The molecule has 0 radical (unpaired) electrons. The first kappa shape index (κ1) is 19.8. The standard InChI is InChI=1S/C25H24FN3O/c1-16-7-5-10-21(17(16)2)28-24(30)11-6-8-19-20-15-18(26)12-13-22(20)29-25(19)23-9-3-4-14-27-23/h3-5,7,9-10,12-15,29H,6,8,11H2,1-2H3,(H,28,30). The Bertz CT molecular complexity index is 1200. The van der Waals surface area contributed by atoms with Gasteiger partial charge in [-0.25, -0.2) is 4.39 Å². The highest BCUT2D eigenvalue weighted by Crippen LogP contribution is 2.31. The van der Waals surface area contributed by atoms with Crippen LogP contribution in [-0.2, 0) is 11.2 Å². The number of pyridine rings is 1. The van der Waals surface area contributed by atoms with Crippen LogP contribution in [0.1, 0.15) is 29.5 Å². The van der Waals surface area contributed by atoms with Crippen LogP contribution in [0.5, 0.6) is 0 Å². The van der Waals surface area contributed by atoms with Crippen molar-refractivity contribution < 1.29 is 9.18 Å². The van der Waals surface area contributed by atoms with Crippen molar-refractivity contribution >= 4 is 22.5 Å². The summed E-state index contributed by atoms with van der Waals surface area (Å²) in [6.45, 7) is 4.03. The van der Waals surface area contributed by atoms with Crippen LogP contribution in [0.2, 0.25) is 0 Å². The lowest BCUT2D eigenvalue weighted by Gasteiger charge is -2.10. The van der Waals surface area contributed by atoms with Crippen molar-refractivity contribution in [2.45, 2.75) is 33.1 Å². The van der Waals surface area contributed by atoms with E-state index < -0.39 is 0 Å². The largest absolute Gasteiger partial charge is 0.353 e. The van der Waals surface area contributed by atoms with Crippen LogP contribution in [-0.4, -0.2) is 15.9 Å². The number of rotatable bonds is 6. The van der Waals surface area contributed by atoms with Crippen LogP contribution in [0.15, 0.2) is 60.8 Å². The van der Waals surface area contributed by atoms with Gasteiger partial charge in [-0.05, 0) is 79.8 Å². The number of nitrogens with one attached hydrogen (secondary N) is 2. The summed E-state index contributed by atoms with van der Waals surface area (Å²) in [5.41, 5.74) is 6.62. The molecule has 5 heteroatoms. The number of halogens is 1. The third-order valence-electron chi connectivity index (χ3n) is 5.50. The molecule has 30 heavy (non-hydrogen) atoms. The van der Waals surface area contributed by atoms with E-state index >= 15 is 0 Å². The third-order valence-corrected chi connectivity index (χ3v) is 5.50. The molecular weight excluding hydrogens is 377 g/mol. The molecule has 0 saturated carbocycles. The number of carbonyl (C=O) groups excluding carboxylic acids is 1. The Hall–Kier alpha value is -3.47. The highest BCUT2D eigenvalue weighted by molar-refractivity contribution is 5.92. The van der Waals surface area contributed by atoms with Crippen LogP contribution in [0.4, 0.5) is 10.1 Å². The summed E-state index contributed by atoms with van der Waals surface area (Å²) in [6.07, 6.45) is 3.43. The normalized spacial score (nSPS) is 11.0. The molecular formula is C25H24FN3O. The summed E-state index contributed by atoms with van der Waals surface area (Å²) in [7, 11) is 0. The van der Waals surface area contributed by atoms with E-state index in [-0.39, 0.29) is 11.7 Å². The van der Waals surface area contributed by atoms with E-state index in [0.29, 0.717) is 19.3 Å². The summed E-state index contributed by atoms with van der Waals surface area (Å²) in [5, 5.41) is 3.84. The minimum atomic E-state index is -0.275. The Labute approximate surface area is 175 Å². The van der Waals surface area contributed by atoms with Gasteiger partial charge in [0.05, 0.1) is 11.4 Å². The number of amides is 1. The molecule has 4 nitrogen and oxygen atoms in total. The SMILES string of the molecule is Cc1cccc(NC(=O)CCCc2c(-c3ccccn3)[nH]c3ccc(F)cc23)c1C. The maximum atomic E-state index is 13.9.